The molecule has 0 radical (unpaired) electrons. The largest absolute Gasteiger partial charge is 0.445 e. The van der Waals surface area contributed by atoms with Crippen LogP contribution in [0.5, 0.6) is 0 Å². The Labute approximate surface area is 103 Å². The number of nitrogens with zero attached hydrogens (tertiary/aromatic N) is 4. The molecule has 0 amide bonds. The average molecular weight is 279 g/mol. The summed E-state index contributed by atoms with van der Waals surface area (Å²) < 4.78 is 41.5. The van der Waals surface area contributed by atoms with Gasteiger partial charge < -0.3 is 9.84 Å². The molecule has 2 rings (SSSR count). The lowest BCUT2D eigenvalue weighted by molar-refractivity contribution is -0.138. The van der Waals surface area contributed by atoms with E-state index < -0.39 is 11.2 Å². The highest BCUT2D eigenvalue weighted by atomic mass is 32.1. The Kier molecular flexibility index (Phi) is 3.45. The first-order valence-corrected chi connectivity index (χ1v) is 5.70. The third kappa shape index (κ3) is 3.15. The molecule has 0 aromatic carbocycles. The molecule has 0 aliphatic heterocycles. The van der Waals surface area contributed by atoms with Crippen LogP contribution >= 0.6 is 11.3 Å². The van der Waals surface area contributed by atoms with Gasteiger partial charge in [-0.2, -0.15) is 18.2 Å². The monoisotopic (exact) mass is 279 g/mol. The third-order valence-electron chi connectivity index (χ3n) is 1.86. The molecule has 0 fully saturated rings. The standard InChI is InChI=1S/C8H8F3N5OS/c1-4-13-5(16-17-4)2-3-12-7-15-14-6(18-7)8(9,10)11/h2-3H2,1H3,(H,12,15). The first-order chi connectivity index (χ1) is 8.45. The Hall–Kier alpha value is -1.71. The van der Waals surface area contributed by atoms with Gasteiger partial charge in [-0.25, -0.2) is 0 Å². The minimum atomic E-state index is -4.46. The SMILES string of the molecule is Cc1nc(CCNc2nnc(C(F)(F)F)s2)no1. The van der Waals surface area contributed by atoms with E-state index in [2.05, 4.69) is 25.7 Å². The van der Waals surface area contributed by atoms with Gasteiger partial charge in [0.15, 0.2) is 5.82 Å². The fourth-order valence-electron chi connectivity index (χ4n) is 1.13. The molecule has 2 aromatic rings. The van der Waals surface area contributed by atoms with E-state index >= 15 is 0 Å². The molecule has 98 valence electrons. The number of aryl methyl sites for hydroxylation is 1. The summed E-state index contributed by atoms with van der Waals surface area (Å²) in [4.78, 5) is 3.96. The van der Waals surface area contributed by atoms with Crippen LogP contribution in [0.1, 0.15) is 16.7 Å². The van der Waals surface area contributed by atoms with Crippen LogP contribution in [0.3, 0.4) is 0 Å². The molecule has 2 heterocycles. The molecule has 0 atom stereocenters. The number of halogens is 3. The maximum atomic E-state index is 12.2. The first kappa shape index (κ1) is 12.7. The molecule has 0 saturated carbocycles. The van der Waals surface area contributed by atoms with E-state index in [9.17, 15) is 13.2 Å². The van der Waals surface area contributed by atoms with Crippen LogP contribution in [-0.2, 0) is 12.6 Å². The molecule has 0 spiro atoms. The van der Waals surface area contributed by atoms with Crippen molar-refractivity contribution in [2.45, 2.75) is 19.5 Å². The summed E-state index contributed by atoms with van der Waals surface area (Å²) in [5, 5.41) is 12.0. The maximum absolute atomic E-state index is 12.2. The van der Waals surface area contributed by atoms with E-state index in [0.717, 1.165) is 0 Å². The lowest BCUT2D eigenvalue weighted by atomic mass is 10.4. The smallest absolute Gasteiger partial charge is 0.360 e. The molecule has 0 saturated heterocycles. The third-order valence-corrected chi connectivity index (χ3v) is 2.79. The number of aromatic nitrogens is 4. The number of rotatable bonds is 4. The summed E-state index contributed by atoms with van der Waals surface area (Å²) in [6.45, 7) is 2.01. The molecule has 0 bridgehead atoms. The minimum absolute atomic E-state index is 0.113. The molecule has 2 aromatic heterocycles. The zero-order valence-electron chi connectivity index (χ0n) is 9.15. The Morgan fingerprint density at radius 1 is 1.33 bits per heavy atom. The van der Waals surface area contributed by atoms with Gasteiger partial charge in [0.2, 0.25) is 16.0 Å². The summed E-state index contributed by atoms with van der Waals surface area (Å²) >= 11 is 0.458. The molecule has 1 N–H and O–H groups in total. The Morgan fingerprint density at radius 2 is 2.11 bits per heavy atom. The van der Waals surface area contributed by atoms with Crippen LogP contribution in [0.2, 0.25) is 0 Å². The number of nitrogens with one attached hydrogen (secondary N) is 1. The average Bonchev–Trinajstić information content (AvgIpc) is 2.87. The fraction of sp³-hybridized carbons (Fsp3) is 0.500. The minimum Gasteiger partial charge on any atom is -0.360 e. The van der Waals surface area contributed by atoms with Crippen molar-refractivity contribution in [2.24, 2.45) is 0 Å². The Morgan fingerprint density at radius 3 is 2.67 bits per heavy atom. The molecule has 0 aliphatic rings. The van der Waals surface area contributed by atoms with Gasteiger partial charge in [-0.3, -0.25) is 0 Å². The second kappa shape index (κ2) is 4.88. The van der Waals surface area contributed by atoms with E-state index in [0.29, 0.717) is 36.0 Å². The summed E-state index contributed by atoms with van der Waals surface area (Å²) in [6.07, 6.45) is -4.03. The van der Waals surface area contributed by atoms with Gasteiger partial charge in [0.25, 0.3) is 0 Å². The van der Waals surface area contributed by atoms with E-state index in [1.165, 1.54) is 0 Å². The zero-order valence-corrected chi connectivity index (χ0v) is 9.97. The van der Waals surface area contributed by atoms with Crippen molar-refractivity contribution in [1.29, 1.82) is 0 Å². The fourth-order valence-corrected chi connectivity index (χ4v) is 1.77. The topological polar surface area (TPSA) is 76.7 Å². The van der Waals surface area contributed by atoms with Gasteiger partial charge in [0, 0.05) is 19.9 Å². The van der Waals surface area contributed by atoms with Crippen molar-refractivity contribution in [2.75, 3.05) is 11.9 Å². The van der Waals surface area contributed by atoms with Gasteiger partial charge in [-0.15, -0.1) is 10.2 Å². The van der Waals surface area contributed by atoms with Crippen LogP contribution in [0.25, 0.3) is 0 Å². The van der Waals surface area contributed by atoms with Gasteiger partial charge in [-0.05, 0) is 0 Å². The van der Waals surface area contributed by atoms with Gasteiger partial charge in [-0.1, -0.05) is 16.5 Å². The highest BCUT2D eigenvalue weighted by Gasteiger charge is 2.35. The van der Waals surface area contributed by atoms with E-state index in [1.807, 2.05) is 0 Å². The van der Waals surface area contributed by atoms with Crippen molar-refractivity contribution in [3.8, 4) is 0 Å². The summed E-state index contributed by atoms with van der Waals surface area (Å²) in [7, 11) is 0. The predicted molar refractivity (Wildman–Crippen MR) is 56.1 cm³/mol. The predicted octanol–water partition coefficient (Wildman–Crippen LogP) is 1.90. The highest BCUT2D eigenvalue weighted by Crippen LogP contribution is 2.32. The second-order valence-electron chi connectivity index (χ2n) is 3.32. The molecule has 0 aliphatic carbocycles. The molecule has 6 nitrogen and oxygen atoms in total. The van der Waals surface area contributed by atoms with E-state index in [-0.39, 0.29) is 5.13 Å². The second-order valence-corrected chi connectivity index (χ2v) is 4.29. The zero-order chi connectivity index (χ0) is 13.2. The summed E-state index contributed by atoms with van der Waals surface area (Å²) in [6, 6.07) is 0. The van der Waals surface area contributed by atoms with Crippen LogP contribution in [0, 0.1) is 6.92 Å². The van der Waals surface area contributed by atoms with E-state index in [1.54, 1.807) is 6.92 Å². The Balaban J connectivity index is 1.85. The molecule has 10 heteroatoms. The summed E-state index contributed by atoms with van der Waals surface area (Å²) in [5.41, 5.74) is 0. The molecular formula is C8H8F3N5OS. The lowest BCUT2D eigenvalue weighted by Crippen LogP contribution is -2.05. The van der Waals surface area contributed by atoms with Crippen molar-refractivity contribution >= 4 is 16.5 Å². The van der Waals surface area contributed by atoms with Gasteiger partial charge in [0.05, 0.1) is 0 Å². The maximum Gasteiger partial charge on any atom is 0.445 e. The molecule has 0 unspecified atom stereocenters. The van der Waals surface area contributed by atoms with Gasteiger partial charge in [0.1, 0.15) is 0 Å². The quantitative estimate of drug-likeness (QED) is 0.921. The normalized spacial score (nSPS) is 11.8. The van der Waals surface area contributed by atoms with Crippen LogP contribution < -0.4 is 5.32 Å². The number of alkyl halides is 3. The van der Waals surface area contributed by atoms with Crippen molar-refractivity contribution in [3.05, 3.63) is 16.7 Å². The van der Waals surface area contributed by atoms with E-state index in [4.69, 9.17) is 4.52 Å². The lowest BCUT2D eigenvalue weighted by Gasteiger charge is -1.99. The molecular weight excluding hydrogens is 271 g/mol. The van der Waals surface area contributed by atoms with Crippen LogP contribution in [0.15, 0.2) is 4.52 Å². The summed E-state index contributed by atoms with van der Waals surface area (Å²) in [5.74, 6) is 0.931. The van der Waals surface area contributed by atoms with Crippen LogP contribution in [0.4, 0.5) is 18.3 Å². The van der Waals surface area contributed by atoms with Crippen molar-refractivity contribution in [3.63, 3.8) is 0 Å². The Bertz CT molecular complexity index is 523. The number of hydrogen-bond acceptors (Lipinski definition) is 7. The van der Waals surface area contributed by atoms with Gasteiger partial charge >= 0.3 is 6.18 Å². The first-order valence-electron chi connectivity index (χ1n) is 4.89. The highest BCUT2D eigenvalue weighted by molar-refractivity contribution is 7.15. The number of anilines is 1. The number of hydrogen-bond donors (Lipinski definition) is 1. The molecule has 18 heavy (non-hydrogen) atoms. The van der Waals surface area contributed by atoms with Crippen LogP contribution in [-0.4, -0.2) is 26.9 Å². The van der Waals surface area contributed by atoms with Crippen molar-refractivity contribution < 1.29 is 17.7 Å². The van der Waals surface area contributed by atoms with Crippen molar-refractivity contribution in [1.82, 2.24) is 20.3 Å².